The van der Waals surface area contributed by atoms with E-state index in [0.29, 0.717) is 24.0 Å². The molecule has 1 saturated carbocycles. The van der Waals surface area contributed by atoms with E-state index in [1.165, 1.54) is 6.42 Å². The summed E-state index contributed by atoms with van der Waals surface area (Å²) < 4.78 is 5.70. The van der Waals surface area contributed by atoms with Crippen LogP contribution in [0.5, 0.6) is 0 Å². The maximum Gasteiger partial charge on any atom is 0.134 e. The Labute approximate surface area is 98.1 Å². The molecule has 1 heterocycles. The van der Waals surface area contributed by atoms with Crippen molar-refractivity contribution in [3.05, 3.63) is 0 Å². The molecule has 3 atom stereocenters. The van der Waals surface area contributed by atoms with Crippen molar-refractivity contribution in [3.8, 4) is 0 Å². The summed E-state index contributed by atoms with van der Waals surface area (Å²) in [5, 5.41) is 0. The first-order valence-corrected chi connectivity index (χ1v) is 6.59. The van der Waals surface area contributed by atoms with Gasteiger partial charge < -0.3 is 4.74 Å². The standard InChI is InChI=1S/C13H23NO2/c1-3-11-9-16-10(2)8-14(11)12-5-4-6-13(15)7-12/h10-12H,3-9H2,1-2H3. The molecule has 16 heavy (non-hydrogen) atoms. The van der Waals surface area contributed by atoms with Gasteiger partial charge in [0.2, 0.25) is 0 Å². The van der Waals surface area contributed by atoms with Crippen LogP contribution in [0, 0.1) is 0 Å². The van der Waals surface area contributed by atoms with Crippen molar-refractivity contribution in [2.45, 2.75) is 64.1 Å². The minimum absolute atomic E-state index is 0.319. The van der Waals surface area contributed by atoms with Crippen LogP contribution in [-0.4, -0.2) is 42.0 Å². The van der Waals surface area contributed by atoms with Gasteiger partial charge in [-0.05, 0) is 26.2 Å². The molecule has 92 valence electrons. The smallest absolute Gasteiger partial charge is 0.134 e. The Morgan fingerprint density at radius 1 is 1.50 bits per heavy atom. The van der Waals surface area contributed by atoms with E-state index in [9.17, 15) is 4.79 Å². The molecule has 3 unspecified atom stereocenters. The molecule has 3 heteroatoms. The highest BCUT2D eigenvalue weighted by Gasteiger charge is 2.33. The van der Waals surface area contributed by atoms with Crippen molar-refractivity contribution in [1.29, 1.82) is 0 Å². The third-order valence-electron chi connectivity index (χ3n) is 3.91. The van der Waals surface area contributed by atoms with E-state index < -0.39 is 0 Å². The zero-order valence-electron chi connectivity index (χ0n) is 10.4. The topological polar surface area (TPSA) is 29.5 Å². The second-order valence-corrected chi connectivity index (χ2v) is 5.19. The monoisotopic (exact) mass is 225 g/mol. The van der Waals surface area contributed by atoms with Crippen molar-refractivity contribution < 1.29 is 9.53 Å². The summed E-state index contributed by atoms with van der Waals surface area (Å²) in [5.41, 5.74) is 0. The van der Waals surface area contributed by atoms with E-state index in [4.69, 9.17) is 4.74 Å². The maximum absolute atomic E-state index is 11.5. The van der Waals surface area contributed by atoms with Gasteiger partial charge in [0.25, 0.3) is 0 Å². The van der Waals surface area contributed by atoms with Crippen molar-refractivity contribution in [3.63, 3.8) is 0 Å². The van der Waals surface area contributed by atoms with Crippen LogP contribution < -0.4 is 0 Å². The minimum Gasteiger partial charge on any atom is -0.376 e. The summed E-state index contributed by atoms with van der Waals surface area (Å²) in [5.74, 6) is 0.449. The van der Waals surface area contributed by atoms with Crippen LogP contribution in [0.3, 0.4) is 0 Å². The molecular formula is C13H23NO2. The fourth-order valence-corrected chi connectivity index (χ4v) is 2.95. The summed E-state index contributed by atoms with van der Waals surface area (Å²) in [6.45, 7) is 6.17. The summed E-state index contributed by atoms with van der Waals surface area (Å²) in [4.78, 5) is 14.1. The van der Waals surface area contributed by atoms with Crippen molar-refractivity contribution in [2.24, 2.45) is 0 Å². The summed E-state index contributed by atoms with van der Waals surface area (Å²) in [7, 11) is 0. The lowest BCUT2D eigenvalue weighted by molar-refractivity contribution is -0.125. The predicted molar refractivity (Wildman–Crippen MR) is 63.5 cm³/mol. The van der Waals surface area contributed by atoms with Crippen molar-refractivity contribution in [1.82, 2.24) is 4.90 Å². The largest absolute Gasteiger partial charge is 0.376 e. The molecule has 0 aromatic carbocycles. The molecule has 0 radical (unpaired) electrons. The Balaban J connectivity index is 2.00. The van der Waals surface area contributed by atoms with E-state index in [-0.39, 0.29) is 0 Å². The van der Waals surface area contributed by atoms with Crippen LogP contribution in [0.1, 0.15) is 46.0 Å². The van der Waals surface area contributed by atoms with Crippen LogP contribution in [-0.2, 0) is 9.53 Å². The first kappa shape index (κ1) is 12.1. The molecule has 0 aromatic rings. The normalized spacial score (nSPS) is 37.6. The Morgan fingerprint density at radius 2 is 2.31 bits per heavy atom. The van der Waals surface area contributed by atoms with E-state index in [1.54, 1.807) is 0 Å². The van der Waals surface area contributed by atoms with Crippen LogP contribution in [0.4, 0.5) is 0 Å². The molecule has 2 fully saturated rings. The van der Waals surface area contributed by atoms with Gasteiger partial charge in [-0.2, -0.15) is 0 Å². The highest BCUT2D eigenvalue weighted by molar-refractivity contribution is 5.79. The number of nitrogens with zero attached hydrogens (tertiary/aromatic N) is 1. The van der Waals surface area contributed by atoms with Gasteiger partial charge in [-0.25, -0.2) is 0 Å². The number of carbonyl (C=O) groups is 1. The third kappa shape index (κ3) is 2.64. The molecule has 1 saturated heterocycles. The van der Waals surface area contributed by atoms with Gasteiger partial charge in [0.1, 0.15) is 5.78 Å². The van der Waals surface area contributed by atoms with Crippen LogP contribution in [0.2, 0.25) is 0 Å². The third-order valence-corrected chi connectivity index (χ3v) is 3.91. The number of carbonyl (C=O) groups excluding carboxylic acids is 1. The average molecular weight is 225 g/mol. The number of ether oxygens (including phenoxy) is 1. The highest BCUT2D eigenvalue weighted by atomic mass is 16.5. The van der Waals surface area contributed by atoms with Gasteiger partial charge in [-0.15, -0.1) is 0 Å². The molecule has 0 amide bonds. The number of morpholine rings is 1. The lowest BCUT2D eigenvalue weighted by Gasteiger charge is -2.44. The molecule has 3 nitrogen and oxygen atoms in total. The number of rotatable bonds is 2. The molecule has 1 aliphatic carbocycles. The summed E-state index contributed by atoms with van der Waals surface area (Å²) in [6, 6.07) is 1.00. The van der Waals surface area contributed by atoms with Gasteiger partial charge in [0.15, 0.2) is 0 Å². The van der Waals surface area contributed by atoms with Crippen LogP contribution >= 0.6 is 0 Å². The number of hydrogen-bond donors (Lipinski definition) is 0. The highest BCUT2D eigenvalue weighted by Crippen LogP contribution is 2.26. The Morgan fingerprint density at radius 3 is 3.00 bits per heavy atom. The Hall–Kier alpha value is -0.410. The minimum atomic E-state index is 0.319. The first-order valence-electron chi connectivity index (χ1n) is 6.59. The van der Waals surface area contributed by atoms with Crippen molar-refractivity contribution in [2.75, 3.05) is 13.2 Å². The van der Waals surface area contributed by atoms with E-state index in [1.807, 2.05) is 0 Å². The molecule has 1 aliphatic heterocycles. The number of ketones is 1. The van der Waals surface area contributed by atoms with Gasteiger partial charge in [-0.3, -0.25) is 9.69 Å². The molecule has 0 aromatic heterocycles. The first-order chi connectivity index (χ1) is 7.70. The number of Topliss-reactive ketones (excluding diaryl/α,β-unsaturated/α-hetero) is 1. The van der Waals surface area contributed by atoms with Crippen LogP contribution in [0.15, 0.2) is 0 Å². The number of hydrogen-bond acceptors (Lipinski definition) is 3. The molecule has 2 rings (SSSR count). The average Bonchev–Trinajstić information content (AvgIpc) is 2.29. The predicted octanol–water partition coefficient (Wildman–Crippen LogP) is 2.00. The van der Waals surface area contributed by atoms with Crippen LogP contribution in [0.25, 0.3) is 0 Å². The molecular weight excluding hydrogens is 202 g/mol. The fourth-order valence-electron chi connectivity index (χ4n) is 2.95. The Bertz CT molecular complexity index is 254. The fraction of sp³-hybridized carbons (Fsp3) is 0.923. The lowest BCUT2D eigenvalue weighted by Crippen LogP contribution is -2.54. The summed E-state index contributed by atoms with van der Waals surface area (Å²) in [6.07, 6.45) is 5.27. The summed E-state index contributed by atoms with van der Waals surface area (Å²) >= 11 is 0. The zero-order valence-corrected chi connectivity index (χ0v) is 10.4. The van der Waals surface area contributed by atoms with Gasteiger partial charge in [0.05, 0.1) is 12.7 Å². The van der Waals surface area contributed by atoms with E-state index >= 15 is 0 Å². The van der Waals surface area contributed by atoms with Gasteiger partial charge in [-0.1, -0.05) is 6.92 Å². The SMILES string of the molecule is CCC1COC(C)CN1C1CCCC(=O)C1. The Kier molecular flexibility index (Phi) is 3.98. The second kappa shape index (κ2) is 5.28. The molecule has 0 N–H and O–H groups in total. The van der Waals surface area contributed by atoms with Gasteiger partial charge in [0, 0.05) is 31.5 Å². The molecule has 2 aliphatic rings. The van der Waals surface area contributed by atoms with Crippen molar-refractivity contribution >= 4 is 5.78 Å². The van der Waals surface area contributed by atoms with E-state index in [2.05, 4.69) is 18.7 Å². The quantitative estimate of drug-likeness (QED) is 0.720. The van der Waals surface area contributed by atoms with E-state index in [0.717, 1.165) is 38.8 Å². The lowest BCUT2D eigenvalue weighted by atomic mass is 9.91. The molecule has 0 bridgehead atoms. The second-order valence-electron chi connectivity index (χ2n) is 5.19. The van der Waals surface area contributed by atoms with Gasteiger partial charge >= 0.3 is 0 Å². The molecule has 0 spiro atoms. The maximum atomic E-state index is 11.5. The zero-order chi connectivity index (χ0) is 11.5.